The number of nitrogens with one attached hydrogen (secondary N) is 1. The van der Waals surface area contributed by atoms with Crippen molar-refractivity contribution in [1.82, 2.24) is 15.2 Å². The maximum absolute atomic E-state index is 11.5. The Morgan fingerprint density at radius 3 is 2.55 bits per heavy atom. The number of anilines is 1. The molecule has 1 aromatic carbocycles. The number of aliphatic imine (C=N–C) groups is 1. The van der Waals surface area contributed by atoms with Gasteiger partial charge in [0.1, 0.15) is 5.82 Å². The van der Waals surface area contributed by atoms with Crippen LogP contribution in [0.2, 0.25) is 0 Å². The van der Waals surface area contributed by atoms with Crippen molar-refractivity contribution in [1.29, 1.82) is 0 Å². The Morgan fingerprint density at radius 1 is 1.17 bits per heavy atom. The lowest BCUT2D eigenvalue weighted by Crippen LogP contribution is -2.52. The molecule has 1 fully saturated rings. The van der Waals surface area contributed by atoms with E-state index >= 15 is 0 Å². The molecule has 0 atom stereocenters. The average molecular weight is 530 g/mol. The number of sulfonamides is 1. The summed E-state index contributed by atoms with van der Waals surface area (Å²) in [4.78, 5) is 13.7. The van der Waals surface area contributed by atoms with Crippen molar-refractivity contribution in [3.05, 3.63) is 54.2 Å². The fourth-order valence-electron chi connectivity index (χ4n) is 3.10. The minimum Gasteiger partial charge on any atom is -0.357 e. The van der Waals surface area contributed by atoms with Crippen LogP contribution in [0.1, 0.15) is 12.5 Å². The molecule has 10 heteroatoms. The van der Waals surface area contributed by atoms with E-state index in [1.165, 1.54) is 6.07 Å². The van der Waals surface area contributed by atoms with Crippen LogP contribution in [0.5, 0.6) is 0 Å². The normalized spacial score (nSPS) is 15.0. The molecule has 0 bridgehead atoms. The fourth-order valence-corrected chi connectivity index (χ4v) is 3.68. The highest BCUT2D eigenvalue weighted by Crippen LogP contribution is 2.14. The van der Waals surface area contributed by atoms with E-state index in [0.717, 1.165) is 50.1 Å². The molecule has 2 aromatic rings. The van der Waals surface area contributed by atoms with E-state index in [9.17, 15) is 8.42 Å². The molecule has 8 nitrogen and oxygen atoms in total. The van der Waals surface area contributed by atoms with E-state index in [4.69, 9.17) is 10.1 Å². The number of piperazine rings is 1. The Hall–Kier alpha value is -1.92. The number of halogens is 1. The molecule has 0 aliphatic carbocycles. The summed E-state index contributed by atoms with van der Waals surface area (Å²) >= 11 is 0. The number of nitrogens with zero attached hydrogens (tertiary/aromatic N) is 4. The third kappa shape index (κ3) is 6.54. The van der Waals surface area contributed by atoms with Crippen LogP contribution in [0, 0.1) is 0 Å². The molecule has 0 spiro atoms. The molecule has 0 radical (unpaired) electrons. The quantitative estimate of drug-likeness (QED) is 0.346. The van der Waals surface area contributed by atoms with Crippen LogP contribution in [-0.2, 0) is 16.6 Å². The first kappa shape index (κ1) is 23.4. The van der Waals surface area contributed by atoms with Gasteiger partial charge in [0, 0.05) is 38.9 Å². The highest BCUT2D eigenvalue weighted by Gasteiger charge is 2.20. The van der Waals surface area contributed by atoms with Crippen LogP contribution in [0.4, 0.5) is 5.82 Å². The average Bonchev–Trinajstić information content (AvgIpc) is 2.71. The first-order valence-corrected chi connectivity index (χ1v) is 10.8. The van der Waals surface area contributed by atoms with Gasteiger partial charge in [-0.25, -0.2) is 23.5 Å². The second-order valence-electron chi connectivity index (χ2n) is 6.52. The number of pyridine rings is 1. The molecule has 1 saturated heterocycles. The van der Waals surface area contributed by atoms with Gasteiger partial charge in [-0.15, -0.1) is 24.0 Å². The van der Waals surface area contributed by atoms with Gasteiger partial charge in [0.05, 0.1) is 11.4 Å². The van der Waals surface area contributed by atoms with E-state index in [2.05, 4.69) is 20.1 Å². The molecular weight excluding hydrogens is 503 g/mol. The van der Waals surface area contributed by atoms with Crippen LogP contribution < -0.4 is 15.4 Å². The molecule has 1 aliphatic heterocycles. The summed E-state index contributed by atoms with van der Waals surface area (Å²) in [5.74, 6) is 1.81. The monoisotopic (exact) mass is 530 g/mol. The third-order valence-electron chi connectivity index (χ3n) is 4.53. The van der Waals surface area contributed by atoms with E-state index in [-0.39, 0.29) is 28.9 Å². The summed E-state index contributed by atoms with van der Waals surface area (Å²) in [5.41, 5.74) is 0.800. The summed E-state index contributed by atoms with van der Waals surface area (Å²) in [6.45, 7) is 6.56. The number of hydrogen-bond acceptors (Lipinski definition) is 5. The standard InChI is InChI=1S/C19H26N6O2S.HI/c1-2-21-19(23-15-16-6-5-7-17(14-16)28(20,26)27)25-12-10-24(11-13-25)18-8-3-4-9-22-18;/h3-9,14H,2,10-13,15H2,1H3,(H,21,23)(H2,20,26,27);1H. The van der Waals surface area contributed by atoms with Crippen LogP contribution in [0.25, 0.3) is 0 Å². The minimum atomic E-state index is -3.71. The Bertz CT molecular complexity index is 915. The molecule has 0 saturated carbocycles. The Balaban J connectivity index is 0.00000300. The molecule has 0 unspecified atom stereocenters. The van der Waals surface area contributed by atoms with Crippen LogP contribution in [0.15, 0.2) is 58.5 Å². The van der Waals surface area contributed by atoms with Gasteiger partial charge >= 0.3 is 0 Å². The van der Waals surface area contributed by atoms with Crippen LogP contribution >= 0.6 is 24.0 Å². The first-order valence-electron chi connectivity index (χ1n) is 9.28. The van der Waals surface area contributed by atoms with Gasteiger partial charge in [-0.3, -0.25) is 0 Å². The van der Waals surface area contributed by atoms with Gasteiger partial charge in [-0.2, -0.15) is 0 Å². The maximum Gasteiger partial charge on any atom is 0.238 e. The summed E-state index contributed by atoms with van der Waals surface area (Å²) < 4.78 is 23.1. The van der Waals surface area contributed by atoms with Crippen molar-refractivity contribution >= 4 is 45.8 Å². The molecule has 1 aliphatic rings. The van der Waals surface area contributed by atoms with E-state index in [1.54, 1.807) is 12.1 Å². The molecule has 0 amide bonds. The van der Waals surface area contributed by atoms with Gasteiger partial charge in [0.2, 0.25) is 10.0 Å². The zero-order valence-corrected chi connectivity index (χ0v) is 19.5. The Labute approximate surface area is 189 Å². The van der Waals surface area contributed by atoms with Gasteiger partial charge in [-0.05, 0) is 36.8 Å². The van der Waals surface area contributed by atoms with Gasteiger partial charge in [0.15, 0.2) is 5.96 Å². The highest BCUT2D eigenvalue weighted by atomic mass is 127. The predicted molar refractivity (Wildman–Crippen MR) is 126 cm³/mol. The van der Waals surface area contributed by atoms with Crippen LogP contribution in [0.3, 0.4) is 0 Å². The van der Waals surface area contributed by atoms with Crippen molar-refractivity contribution in [2.45, 2.75) is 18.4 Å². The van der Waals surface area contributed by atoms with E-state index in [0.29, 0.717) is 6.54 Å². The fraction of sp³-hybridized carbons (Fsp3) is 0.368. The van der Waals surface area contributed by atoms with E-state index in [1.807, 2.05) is 37.4 Å². The number of guanidine groups is 1. The topological polar surface area (TPSA) is 104 Å². The largest absolute Gasteiger partial charge is 0.357 e. The van der Waals surface area contributed by atoms with Gasteiger partial charge in [-0.1, -0.05) is 18.2 Å². The molecule has 1 aromatic heterocycles. The summed E-state index contributed by atoms with van der Waals surface area (Å²) in [5, 5.41) is 8.53. The SMILES string of the molecule is CCNC(=NCc1cccc(S(N)(=O)=O)c1)N1CCN(c2ccccn2)CC1.I. The smallest absolute Gasteiger partial charge is 0.238 e. The van der Waals surface area contributed by atoms with Crippen molar-refractivity contribution in [3.8, 4) is 0 Å². The Morgan fingerprint density at radius 2 is 1.93 bits per heavy atom. The third-order valence-corrected chi connectivity index (χ3v) is 5.44. The lowest BCUT2D eigenvalue weighted by molar-refractivity contribution is 0.371. The summed E-state index contributed by atoms with van der Waals surface area (Å²) in [7, 11) is -3.71. The molecule has 2 heterocycles. The molecular formula is C19H27IN6O2S. The zero-order valence-electron chi connectivity index (χ0n) is 16.4. The molecule has 3 rings (SSSR count). The minimum absolute atomic E-state index is 0. The molecule has 158 valence electrons. The zero-order chi connectivity index (χ0) is 20.0. The van der Waals surface area contributed by atoms with Crippen molar-refractivity contribution in [2.24, 2.45) is 10.1 Å². The number of rotatable bonds is 5. The van der Waals surface area contributed by atoms with Gasteiger partial charge in [0.25, 0.3) is 0 Å². The number of aromatic nitrogens is 1. The molecule has 3 N–H and O–H groups in total. The number of nitrogens with two attached hydrogens (primary N) is 1. The second kappa shape index (κ2) is 10.7. The van der Waals surface area contributed by atoms with Crippen molar-refractivity contribution in [2.75, 3.05) is 37.6 Å². The maximum atomic E-state index is 11.5. The lowest BCUT2D eigenvalue weighted by atomic mass is 10.2. The summed E-state index contributed by atoms with van der Waals surface area (Å²) in [6.07, 6.45) is 1.81. The van der Waals surface area contributed by atoms with Crippen molar-refractivity contribution in [3.63, 3.8) is 0 Å². The van der Waals surface area contributed by atoms with Crippen LogP contribution in [-0.4, -0.2) is 57.0 Å². The summed E-state index contributed by atoms with van der Waals surface area (Å²) in [6, 6.07) is 12.5. The van der Waals surface area contributed by atoms with E-state index < -0.39 is 10.0 Å². The first-order chi connectivity index (χ1) is 13.5. The van der Waals surface area contributed by atoms with Crippen molar-refractivity contribution < 1.29 is 8.42 Å². The van der Waals surface area contributed by atoms with Gasteiger partial charge < -0.3 is 15.1 Å². The second-order valence-corrected chi connectivity index (χ2v) is 8.09. The number of hydrogen-bond donors (Lipinski definition) is 2. The highest BCUT2D eigenvalue weighted by molar-refractivity contribution is 14.0. The predicted octanol–water partition coefficient (Wildman–Crippen LogP) is 1.63. The number of benzene rings is 1. The Kier molecular flexibility index (Phi) is 8.65. The lowest BCUT2D eigenvalue weighted by Gasteiger charge is -2.37. The number of primary sulfonamides is 1. The molecule has 29 heavy (non-hydrogen) atoms.